The van der Waals surface area contributed by atoms with Gasteiger partial charge in [-0.1, -0.05) is 82.8 Å². The third kappa shape index (κ3) is 7.92. The van der Waals surface area contributed by atoms with Gasteiger partial charge in [0.25, 0.3) is 0 Å². The maximum absolute atomic E-state index is 14.0. The summed E-state index contributed by atoms with van der Waals surface area (Å²) in [5, 5.41) is 0. The van der Waals surface area contributed by atoms with Crippen molar-refractivity contribution < 1.29 is 22.0 Å². The van der Waals surface area contributed by atoms with Gasteiger partial charge in [0.2, 0.25) is 5.83 Å². The van der Waals surface area contributed by atoms with Gasteiger partial charge in [-0.2, -0.15) is 8.78 Å². The lowest BCUT2D eigenvalue weighted by molar-refractivity contribution is 0.184. The Hall–Kier alpha value is -1.17. The van der Waals surface area contributed by atoms with Crippen LogP contribution in [0.1, 0.15) is 95.1 Å². The summed E-state index contributed by atoms with van der Waals surface area (Å²) in [6.45, 7) is 2.29. The second kappa shape index (κ2) is 13.8. The molecule has 0 bridgehead atoms. The van der Waals surface area contributed by atoms with Crippen molar-refractivity contribution in [2.45, 2.75) is 109 Å². The molecule has 3 rings (SSSR count). The van der Waals surface area contributed by atoms with Gasteiger partial charge < -0.3 is 0 Å². The number of rotatable bonds is 11. The van der Waals surface area contributed by atoms with Crippen LogP contribution in [0.3, 0.4) is 0 Å². The van der Waals surface area contributed by atoms with E-state index in [1.54, 1.807) is 18.1 Å². The monoisotopic (exact) mass is 500 g/mol. The molecule has 1 aromatic carbocycles. The summed E-state index contributed by atoms with van der Waals surface area (Å²) in [6.07, 6.45) is 13.2. The van der Waals surface area contributed by atoms with Crippen LogP contribution in [-0.4, -0.2) is 8.80 Å². The number of aryl methyl sites for hydroxylation is 1. The number of unbranched alkanes of at least 4 members (excludes halogenated alkanes) is 3. The Kier molecular flexibility index (Phi) is 11.1. The Morgan fingerprint density at radius 3 is 2.03 bits per heavy atom. The summed E-state index contributed by atoms with van der Waals surface area (Å²) in [5.41, 5.74) is -0.879. The van der Waals surface area contributed by atoms with Crippen molar-refractivity contribution in [1.29, 1.82) is 0 Å². The van der Waals surface area contributed by atoms with E-state index < -0.39 is 37.9 Å². The first-order valence-corrected chi connectivity index (χ1v) is 16.0. The van der Waals surface area contributed by atoms with Gasteiger partial charge in [0.05, 0.1) is 5.56 Å². The largest absolute Gasteiger partial charge is 0.306 e. The van der Waals surface area contributed by atoms with Gasteiger partial charge in [0, 0.05) is 8.80 Å². The third-order valence-electron chi connectivity index (χ3n) is 8.48. The van der Waals surface area contributed by atoms with Crippen molar-refractivity contribution in [1.82, 2.24) is 0 Å². The van der Waals surface area contributed by atoms with Crippen LogP contribution >= 0.6 is 0 Å². The van der Waals surface area contributed by atoms with Crippen LogP contribution in [-0.2, 0) is 6.42 Å². The highest BCUT2D eigenvalue weighted by molar-refractivity contribution is 6.58. The smallest absolute Gasteiger partial charge is 0.206 e. The second-order valence-electron chi connectivity index (χ2n) is 10.8. The first-order chi connectivity index (χ1) is 16.4. The topological polar surface area (TPSA) is 0 Å². The number of hydrogen-bond donors (Lipinski definition) is 0. The molecule has 0 atom stereocenters. The molecule has 0 N–H and O–H groups in total. The minimum absolute atomic E-state index is 0.392. The molecule has 6 heteroatoms. The van der Waals surface area contributed by atoms with Crippen molar-refractivity contribution in [3.05, 3.63) is 41.0 Å². The molecule has 34 heavy (non-hydrogen) atoms. The highest BCUT2D eigenvalue weighted by atomic mass is 28.3. The zero-order valence-electron chi connectivity index (χ0n) is 20.7. The van der Waals surface area contributed by atoms with Crippen molar-refractivity contribution in [2.75, 3.05) is 0 Å². The lowest BCUT2D eigenvalue weighted by Gasteiger charge is -2.37. The fraction of sp³-hybridized carbons (Fsp3) is 0.714. The maximum atomic E-state index is 14.0. The van der Waals surface area contributed by atoms with E-state index in [0.717, 1.165) is 49.1 Å². The van der Waals surface area contributed by atoms with Crippen LogP contribution in [0.15, 0.2) is 18.2 Å². The highest BCUT2D eigenvalue weighted by Gasteiger charge is 2.31. The van der Waals surface area contributed by atoms with Crippen molar-refractivity contribution in [3.63, 3.8) is 0 Å². The van der Waals surface area contributed by atoms with E-state index in [4.69, 9.17) is 0 Å². The molecule has 1 heterocycles. The molecule has 0 aromatic heterocycles. The minimum atomic E-state index is -2.71. The Bertz CT molecular complexity index is 765. The summed E-state index contributed by atoms with van der Waals surface area (Å²) < 4.78 is 66.0. The molecule has 0 unspecified atom stereocenters. The van der Waals surface area contributed by atoms with Gasteiger partial charge in [-0.25, -0.2) is 13.2 Å². The molecule has 192 valence electrons. The van der Waals surface area contributed by atoms with E-state index in [9.17, 15) is 22.0 Å². The van der Waals surface area contributed by atoms with E-state index in [1.807, 2.05) is 0 Å². The molecule has 2 aliphatic rings. The molecule has 0 spiro atoms. The van der Waals surface area contributed by atoms with E-state index in [1.165, 1.54) is 57.8 Å². The lowest BCUT2D eigenvalue weighted by Crippen LogP contribution is -2.28. The van der Waals surface area contributed by atoms with E-state index >= 15 is 0 Å². The Morgan fingerprint density at radius 2 is 1.44 bits per heavy atom. The van der Waals surface area contributed by atoms with Crippen LogP contribution in [0.5, 0.6) is 0 Å². The molecule has 1 saturated carbocycles. The van der Waals surface area contributed by atoms with E-state index in [2.05, 4.69) is 6.92 Å². The maximum Gasteiger partial charge on any atom is 0.306 e. The zero-order valence-corrected chi connectivity index (χ0v) is 21.8. The number of benzene rings is 1. The summed E-state index contributed by atoms with van der Waals surface area (Å²) in [5.74, 6) is -2.02. The van der Waals surface area contributed by atoms with Gasteiger partial charge >= 0.3 is 6.08 Å². The van der Waals surface area contributed by atoms with Gasteiger partial charge in [0.15, 0.2) is 0 Å². The molecule has 0 amide bonds. The lowest BCUT2D eigenvalue weighted by atomic mass is 9.73. The standard InChI is InChI=1S/C28H41F5Si/c1-2-3-6-15-34-16-13-23(14-17-34)22-11-9-20(10-12-22)7-4-5-8-21-18-24(29)26(25(30)19-21)27(31)28(32)33/h18-20,22-23,34H,2-17H2,1H3. The summed E-state index contributed by atoms with van der Waals surface area (Å²) in [6, 6.07) is 6.67. The first-order valence-electron chi connectivity index (χ1n) is 13.6. The van der Waals surface area contributed by atoms with Gasteiger partial charge in [-0.15, -0.1) is 0 Å². The van der Waals surface area contributed by atoms with Gasteiger partial charge in [-0.05, 0) is 61.1 Å². The average Bonchev–Trinajstić information content (AvgIpc) is 2.82. The van der Waals surface area contributed by atoms with Gasteiger partial charge in [0.1, 0.15) is 11.6 Å². The summed E-state index contributed by atoms with van der Waals surface area (Å²) >= 11 is 0. The van der Waals surface area contributed by atoms with Gasteiger partial charge in [-0.3, -0.25) is 0 Å². The molecular weight excluding hydrogens is 459 g/mol. The molecular formula is C28H41F5Si. The normalized spacial score (nSPS) is 25.4. The van der Waals surface area contributed by atoms with Crippen LogP contribution < -0.4 is 0 Å². The molecule has 0 nitrogen and oxygen atoms in total. The Morgan fingerprint density at radius 1 is 0.824 bits per heavy atom. The zero-order chi connectivity index (χ0) is 24.5. The minimum Gasteiger partial charge on any atom is -0.206 e. The number of halogens is 5. The quantitative estimate of drug-likeness (QED) is 0.161. The fourth-order valence-electron chi connectivity index (χ4n) is 6.42. The third-order valence-corrected chi connectivity index (χ3v) is 12.0. The molecule has 1 aliphatic carbocycles. The predicted molar refractivity (Wildman–Crippen MR) is 133 cm³/mol. The second-order valence-corrected chi connectivity index (χ2v) is 14.3. The fourth-order valence-corrected chi connectivity index (χ4v) is 9.95. The average molecular weight is 501 g/mol. The summed E-state index contributed by atoms with van der Waals surface area (Å²) in [7, 11) is -0.429. The van der Waals surface area contributed by atoms with Crippen LogP contribution in [0.4, 0.5) is 22.0 Å². The predicted octanol–water partition coefficient (Wildman–Crippen LogP) is 9.85. The number of hydrogen-bond acceptors (Lipinski definition) is 0. The molecule has 1 aliphatic heterocycles. The first kappa shape index (κ1) is 27.4. The molecule has 0 radical (unpaired) electrons. The summed E-state index contributed by atoms with van der Waals surface area (Å²) in [4.78, 5) is 0. The van der Waals surface area contributed by atoms with Crippen LogP contribution in [0.2, 0.25) is 18.1 Å². The van der Waals surface area contributed by atoms with Crippen molar-refractivity contribution >= 4 is 14.6 Å². The Balaban J connectivity index is 1.33. The molecule has 1 aromatic rings. The van der Waals surface area contributed by atoms with Crippen LogP contribution in [0.25, 0.3) is 5.83 Å². The SMILES string of the molecule is CCCCC[SiH]1CCC(C2CCC(CCCCc3cc(F)c(C(F)=C(F)F)c(F)c3)CC2)CC1. The van der Waals surface area contributed by atoms with Crippen molar-refractivity contribution in [2.24, 2.45) is 17.8 Å². The van der Waals surface area contributed by atoms with E-state index in [-0.39, 0.29) is 0 Å². The Labute approximate surface area is 204 Å². The van der Waals surface area contributed by atoms with E-state index in [0.29, 0.717) is 12.0 Å². The highest BCUT2D eigenvalue weighted by Crippen LogP contribution is 2.42. The molecule has 2 fully saturated rings. The van der Waals surface area contributed by atoms with Crippen molar-refractivity contribution in [3.8, 4) is 0 Å². The van der Waals surface area contributed by atoms with Crippen LogP contribution in [0, 0.1) is 29.4 Å². The molecule has 1 saturated heterocycles.